The molecule has 0 saturated heterocycles. The maximum atomic E-state index is 12.5. The van der Waals surface area contributed by atoms with Crippen molar-refractivity contribution >= 4 is 17.9 Å². The van der Waals surface area contributed by atoms with Crippen molar-refractivity contribution in [3.8, 4) is 0 Å². The molecule has 0 aromatic heterocycles. The molecule has 3 N–H and O–H groups in total. The molecule has 6 heteroatoms. The normalized spacial score (nSPS) is 46.4. The predicted molar refractivity (Wildman–Crippen MR) is 119 cm³/mol. The van der Waals surface area contributed by atoms with Crippen molar-refractivity contribution in [2.45, 2.75) is 85.0 Å². The van der Waals surface area contributed by atoms with E-state index >= 15 is 0 Å². The first-order valence-corrected chi connectivity index (χ1v) is 12.7. The topological polar surface area (TPSA) is 112 Å². The van der Waals surface area contributed by atoms with E-state index in [-0.39, 0.29) is 40.9 Å². The number of rotatable bonds is 6. The fraction of sp³-hybridized carbons (Fsp3) is 0.885. The number of carbonyl (C=O) groups is 3. The van der Waals surface area contributed by atoms with Gasteiger partial charge in [0.25, 0.3) is 0 Å². The van der Waals surface area contributed by atoms with Gasteiger partial charge in [0.05, 0.1) is 11.8 Å². The van der Waals surface area contributed by atoms with Gasteiger partial charge in [-0.25, -0.2) is 0 Å². The zero-order valence-electron chi connectivity index (χ0n) is 19.8. The Labute approximate surface area is 191 Å². The maximum absolute atomic E-state index is 12.5. The van der Waals surface area contributed by atoms with E-state index in [9.17, 15) is 24.6 Å². The molecule has 4 rings (SSSR count). The first kappa shape index (κ1) is 23.6. The molecule has 0 aromatic rings. The van der Waals surface area contributed by atoms with Crippen LogP contribution in [-0.4, -0.2) is 33.2 Å². The van der Waals surface area contributed by atoms with Crippen LogP contribution in [0.4, 0.5) is 0 Å². The van der Waals surface area contributed by atoms with E-state index in [1.54, 1.807) is 0 Å². The summed E-state index contributed by atoms with van der Waals surface area (Å²) in [6.07, 6.45) is 7.94. The molecule has 0 heterocycles. The zero-order chi connectivity index (χ0) is 23.4. The van der Waals surface area contributed by atoms with Crippen LogP contribution in [-0.2, 0) is 14.4 Å². The summed E-state index contributed by atoms with van der Waals surface area (Å²) in [7, 11) is 0. The summed E-state index contributed by atoms with van der Waals surface area (Å²) in [5, 5.41) is 29.0. The number of hydrogen-bond donors (Lipinski definition) is 3. The number of hydrogen-bond acceptors (Lipinski definition) is 3. The summed E-state index contributed by atoms with van der Waals surface area (Å²) in [6, 6.07) is 0. The van der Waals surface area contributed by atoms with Crippen LogP contribution in [0, 0.1) is 58.2 Å². The molecule has 0 aliphatic heterocycles. The standard InChI is InChI=1S/C26H40O6/c1-14(4-7-21(27)28)18-5-6-19-22-17(24(31)32)13-16-12-15(23(29)30)8-10-25(16,2)20(22)9-11-26(18,19)3/h14-20,22H,4-13H2,1-3H3,(H,27,28)(H,29,30)(H,31,32)/t14-,15+,16-,17+,18+,19+,20-,22-,25-,26+/m0/s1. The van der Waals surface area contributed by atoms with Crippen molar-refractivity contribution in [2.24, 2.45) is 58.2 Å². The fourth-order valence-electron chi connectivity index (χ4n) is 9.28. The molecule has 4 aliphatic carbocycles. The van der Waals surface area contributed by atoms with E-state index in [2.05, 4.69) is 20.8 Å². The molecule has 10 atom stereocenters. The van der Waals surface area contributed by atoms with E-state index in [0.717, 1.165) is 32.1 Å². The third kappa shape index (κ3) is 3.66. The van der Waals surface area contributed by atoms with E-state index < -0.39 is 17.9 Å². The lowest BCUT2D eigenvalue weighted by molar-refractivity contribution is -0.176. The van der Waals surface area contributed by atoms with Gasteiger partial charge >= 0.3 is 17.9 Å². The zero-order valence-corrected chi connectivity index (χ0v) is 19.8. The Morgan fingerprint density at radius 3 is 2.16 bits per heavy atom. The molecule has 0 aromatic carbocycles. The molecule has 0 radical (unpaired) electrons. The smallest absolute Gasteiger partial charge is 0.306 e. The summed E-state index contributed by atoms with van der Waals surface area (Å²) in [6.45, 7) is 6.88. The van der Waals surface area contributed by atoms with Gasteiger partial charge in [-0.1, -0.05) is 20.8 Å². The van der Waals surface area contributed by atoms with E-state index in [4.69, 9.17) is 5.11 Å². The minimum Gasteiger partial charge on any atom is -0.481 e. The number of aliphatic carboxylic acids is 3. The highest BCUT2D eigenvalue weighted by Gasteiger charge is 2.64. The second-order valence-electron chi connectivity index (χ2n) is 12.1. The third-order valence-corrected chi connectivity index (χ3v) is 11.0. The van der Waals surface area contributed by atoms with Gasteiger partial charge in [-0.15, -0.1) is 0 Å². The molecule has 0 bridgehead atoms. The van der Waals surface area contributed by atoms with Gasteiger partial charge in [0, 0.05) is 6.42 Å². The van der Waals surface area contributed by atoms with Crippen LogP contribution in [0.25, 0.3) is 0 Å². The van der Waals surface area contributed by atoms with Crippen LogP contribution < -0.4 is 0 Å². The van der Waals surface area contributed by atoms with Crippen molar-refractivity contribution < 1.29 is 29.7 Å². The Morgan fingerprint density at radius 1 is 0.875 bits per heavy atom. The number of carboxylic acids is 3. The van der Waals surface area contributed by atoms with Crippen LogP contribution in [0.3, 0.4) is 0 Å². The van der Waals surface area contributed by atoms with Crippen LogP contribution in [0.1, 0.15) is 85.0 Å². The summed E-state index contributed by atoms with van der Waals surface area (Å²) in [5.74, 6) is -1.05. The van der Waals surface area contributed by atoms with Gasteiger partial charge in [0.15, 0.2) is 0 Å². The Morgan fingerprint density at radius 2 is 1.53 bits per heavy atom. The first-order chi connectivity index (χ1) is 15.0. The Bertz CT molecular complexity index is 778. The van der Waals surface area contributed by atoms with Gasteiger partial charge in [0.1, 0.15) is 0 Å². The van der Waals surface area contributed by atoms with E-state index in [0.29, 0.717) is 49.4 Å². The molecule has 4 saturated carbocycles. The van der Waals surface area contributed by atoms with Crippen LogP contribution in [0.15, 0.2) is 0 Å². The third-order valence-electron chi connectivity index (χ3n) is 11.0. The summed E-state index contributed by atoms with van der Waals surface area (Å²) < 4.78 is 0. The first-order valence-electron chi connectivity index (χ1n) is 12.7. The van der Waals surface area contributed by atoms with E-state index in [1.807, 2.05) is 0 Å². The highest BCUT2D eigenvalue weighted by atomic mass is 16.4. The number of carboxylic acid groups (broad SMARTS) is 3. The summed E-state index contributed by atoms with van der Waals surface area (Å²) >= 11 is 0. The molecular weight excluding hydrogens is 408 g/mol. The van der Waals surface area contributed by atoms with Gasteiger partial charge in [-0.3, -0.25) is 14.4 Å². The molecule has 4 aliphatic rings. The lowest BCUT2D eigenvalue weighted by Gasteiger charge is -2.62. The molecule has 0 unspecified atom stereocenters. The number of fused-ring (bicyclic) bond motifs is 5. The van der Waals surface area contributed by atoms with Gasteiger partial charge in [0.2, 0.25) is 0 Å². The van der Waals surface area contributed by atoms with Crippen molar-refractivity contribution in [1.82, 2.24) is 0 Å². The van der Waals surface area contributed by atoms with E-state index in [1.165, 1.54) is 0 Å². The minimum atomic E-state index is -0.741. The second-order valence-corrected chi connectivity index (χ2v) is 12.1. The largest absolute Gasteiger partial charge is 0.481 e. The molecular formula is C26H40O6. The molecule has 32 heavy (non-hydrogen) atoms. The Balaban J connectivity index is 1.61. The molecule has 180 valence electrons. The average molecular weight is 449 g/mol. The Kier molecular flexibility index (Phi) is 6.13. The summed E-state index contributed by atoms with van der Waals surface area (Å²) in [5.41, 5.74) is 0.116. The molecule has 0 spiro atoms. The average Bonchev–Trinajstić information content (AvgIpc) is 3.07. The monoisotopic (exact) mass is 448 g/mol. The van der Waals surface area contributed by atoms with Crippen LogP contribution >= 0.6 is 0 Å². The minimum absolute atomic E-state index is 0.0386. The lowest BCUT2D eigenvalue weighted by atomic mass is 9.41. The molecule has 4 fully saturated rings. The molecule has 6 nitrogen and oxygen atoms in total. The molecule has 0 amide bonds. The highest BCUT2D eigenvalue weighted by Crippen LogP contribution is 2.69. The second kappa shape index (κ2) is 8.32. The summed E-state index contributed by atoms with van der Waals surface area (Å²) in [4.78, 5) is 35.3. The maximum Gasteiger partial charge on any atom is 0.306 e. The van der Waals surface area contributed by atoms with Gasteiger partial charge in [-0.05, 0) is 104 Å². The van der Waals surface area contributed by atoms with Crippen molar-refractivity contribution in [1.29, 1.82) is 0 Å². The quantitative estimate of drug-likeness (QED) is 0.517. The fourth-order valence-corrected chi connectivity index (χ4v) is 9.28. The SMILES string of the molecule is C[C@@H](CCC(=O)O)[C@H]1CC[C@@H]2[C@@H]3[C@H](C(=O)O)C[C@@H]4C[C@H](C(=O)O)CC[C@]4(C)[C@H]3CC[C@@]21C. The Hall–Kier alpha value is -1.59. The van der Waals surface area contributed by atoms with Crippen molar-refractivity contribution in [2.75, 3.05) is 0 Å². The van der Waals surface area contributed by atoms with Crippen molar-refractivity contribution in [3.05, 3.63) is 0 Å². The van der Waals surface area contributed by atoms with Gasteiger partial charge < -0.3 is 15.3 Å². The van der Waals surface area contributed by atoms with Crippen LogP contribution in [0.2, 0.25) is 0 Å². The van der Waals surface area contributed by atoms with Crippen molar-refractivity contribution in [3.63, 3.8) is 0 Å². The van der Waals surface area contributed by atoms with Gasteiger partial charge in [-0.2, -0.15) is 0 Å². The van der Waals surface area contributed by atoms with Crippen LogP contribution in [0.5, 0.6) is 0 Å². The lowest BCUT2D eigenvalue weighted by Crippen LogP contribution is -2.58. The highest BCUT2D eigenvalue weighted by molar-refractivity contribution is 5.72. The predicted octanol–water partition coefficient (Wildman–Crippen LogP) is 5.16.